The Labute approximate surface area is 189 Å². The molecule has 2 aliphatic heterocycles. The first-order valence-electron chi connectivity index (χ1n) is 11.0. The van der Waals surface area contributed by atoms with E-state index >= 15 is 0 Å². The highest BCUT2D eigenvalue weighted by Crippen LogP contribution is 2.35. The lowest BCUT2D eigenvalue weighted by atomic mass is 9.96. The van der Waals surface area contributed by atoms with E-state index < -0.39 is 30.1 Å². The van der Waals surface area contributed by atoms with Crippen molar-refractivity contribution in [2.75, 3.05) is 21.0 Å². The minimum atomic E-state index is -0.811. The number of benzene rings is 1. The zero-order chi connectivity index (χ0) is 23.3. The highest BCUT2D eigenvalue weighted by Gasteiger charge is 2.43. The first kappa shape index (κ1) is 24.5. The van der Waals surface area contributed by atoms with E-state index in [1.54, 1.807) is 32.3 Å². The fraction of sp³-hybridized carbons (Fsp3) is 0.625. The summed E-state index contributed by atoms with van der Waals surface area (Å²) in [5, 5.41) is 10.7. The molecule has 0 saturated carbocycles. The maximum atomic E-state index is 13.1. The second-order valence-corrected chi connectivity index (χ2v) is 8.61. The van der Waals surface area contributed by atoms with Crippen molar-refractivity contribution in [3.8, 4) is 11.5 Å². The molecule has 178 valence electrons. The molecule has 32 heavy (non-hydrogen) atoms. The van der Waals surface area contributed by atoms with Gasteiger partial charge in [-0.2, -0.15) is 0 Å². The predicted molar refractivity (Wildman–Crippen MR) is 117 cm³/mol. The highest BCUT2D eigenvalue weighted by atomic mass is 16.8. The number of esters is 1. The number of aliphatic hydroxyl groups excluding tert-OH is 1. The molecule has 1 aromatic rings. The monoisotopic (exact) mass is 450 g/mol. The standard InChI is InChI=1S/C24H34O8/c1-15-8-6-10-18(25)22-19(31-24(2,3)32-22)11-7-9-16-12-17(28-5)13-20(29-14-27-4)21(16)23(26)30-15/h6,10,12-13,15,18-19,22,25H,7-9,11,14H2,1-5H3/b10-6-/t15?,18?,19-,22?/m1/s1. The number of carbonyl (C=O) groups excluding carboxylic acids is 1. The third-order valence-electron chi connectivity index (χ3n) is 5.53. The van der Waals surface area contributed by atoms with E-state index in [9.17, 15) is 9.90 Å². The van der Waals surface area contributed by atoms with Crippen LogP contribution in [0.1, 0.15) is 56.0 Å². The van der Waals surface area contributed by atoms with Crippen molar-refractivity contribution in [2.45, 2.75) is 76.7 Å². The zero-order valence-corrected chi connectivity index (χ0v) is 19.5. The van der Waals surface area contributed by atoms with Crippen molar-refractivity contribution in [1.29, 1.82) is 0 Å². The van der Waals surface area contributed by atoms with Crippen LogP contribution in [0.2, 0.25) is 0 Å². The number of cyclic esters (lactones) is 1. The van der Waals surface area contributed by atoms with Gasteiger partial charge in [0.25, 0.3) is 0 Å². The molecule has 0 aliphatic carbocycles. The van der Waals surface area contributed by atoms with Crippen LogP contribution < -0.4 is 9.47 Å². The van der Waals surface area contributed by atoms with Crippen LogP contribution in [-0.2, 0) is 25.4 Å². The number of methoxy groups -OCH3 is 2. The van der Waals surface area contributed by atoms with E-state index in [-0.39, 0.29) is 12.9 Å². The lowest BCUT2D eigenvalue weighted by Crippen LogP contribution is -2.34. The number of ether oxygens (including phenoxy) is 6. The van der Waals surface area contributed by atoms with Crippen LogP contribution in [0.25, 0.3) is 0 Å². The third kappa shape index (κ3) is 6.01. The van der Waals surface area contributed by atoms with Gasteiger partial charge in [0, 0.05) is 19.6 Å². The van der Waals surface area contributed by atoms with Crippen LogP contribution in [0.5, 0.6) is 11.5 Å². The van der Waals surface area contributed by atoms with E-state index in [4.69, 9.17) is 28.4 Å². The Hall–Kier alpha value is -2.13. The van der Waals surface area contributed by atoms with E-state index in [1.165, 1.54) is 7.11 Å². The lowest BCUT2D eigenvalue weighted by Gasteiger charge is -2.22. The quantitative estimate of drug-likeness (QED) is 0.424. The van der Waals surface area contributed by atoms with Crippen LogP contribution in [0.3, 0.4) is 0 Å². The van der Waals surface area contributed by atoms with Crippen molar-refractivity contribution >= 4 is 5.97 Å². The zero-order valence-electron chi connectivity index (χ0n) is 19.5. The fourth-order valence-electron chi connectivity index (χ4n) is 4.11. The number of hydrogen-bond acceptors (Lipinski definition) is 8. The Kier molecular flexibility index (Phi) is 8.16. The summed E-state index contributed by atoms with van der Waals surface area (Å²) in [7, 11) is 3.08. The SMILES string of the molecule is COCOc1cc(OC)cc2c1C(=O)OC(C)C/C=C\C(O)C1OC(C)(C)O[C@@H]1CCC2. The van der Waals surface area contributed by atoms with Crippen molar-refractivity contribution in [3.05, 3.63) is 35.4 Å². The largest absolute Gasteiger partial charge is 0.497 e. The second kappa shape index (κ2) is 10.7. The minimum Gasteiger partial charge on any atom is -0.497 e. The molecule has 2 aliphatic rings. The van der Waals surface area contributed by atoms with E-state index in [2.05, 4.69) is 0 Å². The average Bonchev–Trinajstić information content (AvgIpc) is 3.05. The Morgan fingerprint density at radius 3 is 2.72 bits per heavy atom. The lowest BCUT2D eigenvalue weighted by molar-refractivity contribution is -0.152. The Morgan fingerprint density at radius 1 is 1.22 bits per heavy atom. The Bertz CT molecular complexity index is 818. The topological polar surface area (TPSA) is 92.7 Å². The summed E-state index contributed by atoms with van der Waals surface area (Å²) in [6.07, 6.45) is 3.91. The van der Waals surface area contributed by atoms with Gasteiger partial charge >= 0.3 is 5.97 Å². The summed E-state index contributed by atoms with van der Waals surface area (Å²) in [5.74, 6) is -0.301. The molecule has 4 atom stereocenters. The molecule has 0 amide bonds. The van der Waals surface area contributed by atoms with E-state index in [0.717, 1.165) is 5.56 Å². The Balaban J connectivity index is 1.95. The smallest absolute Gasteiger partial charge is 0.342 e. The molecule has 0 spiro atoms. The van der Waals surface area contributed by atoms with Crippen LogP contribution in [0.15, 0.2) is 24.3 Å². The van der Waals surface area contributed by atoms with Gasteiger partial charge in [-0.3, -0.25) is 0 Å². The van der Waals surface area contributed by atoms with Gasteiger partial charge in [0.1, 0.15) is 35.4 Å². The molecular formula is C24H34O8. The van der Waals surface area contributed by atoms with E-state index in [0.29, 0.717) is 42.7 Å². The number of hydrogen-bond donors (Lipinski definition) is 1. The Morgan fingerprint density at radius 2 is 2.00 bits per heavy atom. The van der Waals surface area contributed by atoms with Gasteiger partial charge < -0.3 is 33.5 Å². The summed E-state index contributed by atoms with van der Waals surface area (Å²) >= 11 is 0. The molecule has 2 heterocycles. The minimum absolute atomic E-state index is 0.00686. The third-order valence-corrected chi connectivity index (χ3v) is 5.53. The number of rotatable bonds is 4. The number of carbonyl (C=O) groups is 1. The van der Waals surface area contributed by atoms with Crippen LogP contribution >= 0.6 is 0 Å². The van der Waals surface area contributed by atoms with Crippen LogP contribution in [0.4, 0.5) is 0 Å². The number of aliphatic hydroxyl groups is 1. The fourth-order valence-corrected chi connectivity index (χ4v) is 4.11. The molecule has 3 rings (SSSR count). The first-order chi connectivity index (χ1) is 15.2. The second-order valence-electron chi connectivity index (χ2n) is 8.61. The number of fused-ring (bicyclic) bond motifs is 2. The molecule has 8 heteroatoms. The summed E-state index contributed by atoms with van der Waals surface area (Å²) in [6.45, 7) is 5.49. The molecule has 3 unspecified atom stereocenters. The van der Waals surface area contributed by atoms with Crippen molar-refractivity contribution in [2.24, 2.45) is 0 Å². The van der Waals surface area contributed by atoms with Crippen molar-refractivity contribution in [1.82, 2.24) is 0 Å². The summed E-state index contributed by atoms with van der Waals surface area (Å²) < 4.78 is 33.9. The molecule has 1 fully saturated rings. The summed E-state index contributed by atoms with van der Waals surface area (Å²) in [4.78, 5) is 13.1. The molecule has 8 nitrogen and oxygen atoms in total. The van der Waals surface area contributed by atoms with Gasteiger partial charge in [-0.1, -0.05) is 12.2 Å². The molecular weight excluding hydrogens is 416 g/mol. The maximum absolute atomic E-state index is 13.1. The van der Waals surface area contributed by atoms with E-state index in [1.807, 2.05) is 19.9 Å². The summed E-state index contributed by atoms with van der Waals surface area (Å²) in [5.41, 5.74) is 1.13. The summed E-state index contributed by atoms with van der Waals surface area (Å²) in [6, 6.07) is 3.49. The maximum Gasteiger partial charge on any atom is 0.342 e. The predicted octanol–water partition coefficient (Wildman–Crippen LogP) is 3.39. The van der Waals surface area contributed by atoms with Gasteiger partial charge in [0.05, 0.1) is 13.2 Å². The number of aryl methyl sites for hydroxylation is 1. The molecule has 0 bridgehead atoms. The van der Waals surface area contributed by atoms with Gasteiger partial charge in [-0.05, 0) is 51.7 Å². The normalized spacial score (nSPS) is 29.2. The van der Waals surface area contributed by atoms with Crippen LogP contribution in [-0.4, -0.2) is 62.3 Å². The molecule has 1 aromatic carbocycles. The van der Waals surface area contributed by atoms with Crippen molar-refractivity contribution < 1.29 is 38.3 Å². The van der Waals surface area contributed by atoms with Gasteiger partial charge in [-0.15, -0.1) is 0 Å². The van der Waals surface area contributed by atoms with Gasteiger partial charge in [0.15, 0.2) is 12.6 Å². The molecule has 1 N–H and O–H groups in total. The highest BCUT2D eigenvalue weighted by molar-refractivity contribution is 5.94. The molecule has 1 saturated heterocycles. The van der Waals surface area contributed by atoms with Crippen LogP contribution in [0, 0.1) is 0 Å². The first-order valence-corrected chi connectivity index (χ1v) is 11.0. The molecule has 0 aromatic heterocycles. The van der Waals surface area contributed by atoms with Crippen molar-refractivity contribution in [3.63, 3.8) is 0 Å². The van der Waals surface area contributed by atoms with Gasteiger partial charge in [0.2, 0.25) is 0 Å². The molecule has 0 radical (unpaired) electrons. The average molecular weight is 451 g/mol. The van der Waals surface area contributed by atoms with Gasteiger partial charge in [-0.25, -0.2) is 4.79 Å².